The van der Waals surface area contributed by atoms with Gasteiger partial charge in [-0.3, -0.25) is 4.79 Å². The summed E-state index contributed by atoms with van der Waals surface area (Å²) >= 11 is 0. The third-order valence-electron chi connectivity index (χ3n) is 5.26. The molecule has 7 nitrogen and oxygen atoms in total. The first kappa shape index (κ1) is 20.0. The zero-order valence-electron chi connectivity index (χ0n) is 15.9. The van der Waals surface area contributed by atoms with Gasteiger partial charge in [0.1, 0.15) is 5.75 Å². The van der Waals surface area contributed by atoms with E-state index in [1.165, 1.54) is 5.69 Å². The van der Waals surface area contributed by atoms with Gasteiger partial charge in [0, 0.05) is 41.3 Å². The number of fused-ring (bicyclic) bond motifs is 4. The molecule has 148 valence electrons. The SMILES string of the molecule is CN(C)Cc1cc2cc3c(cc2n1C)CCc1c-3[nH]c(=O)c(C(=O)O)c1O.Cl. The first-order valence-electron chi connectivity index (χ1n) is 8.75. The third-order valence-corrected chi connectivity index (χ3v) is 5.26. The lowest BCUT2D eigenvalue weighted by Gasteiger charge is -2.21. The Kier molecular flexibility index (Phi) is 4.99. The maximum Gasteiger partial charge on any atom is 0.345 e. The summed E-state index contributed by atoms with van der Waals surface area (Å²) in [4.78, 5) is 28.3. The highest BCUT2D eigenvalue weighted by atomic mass is 35.5. The highest BCUT2D eigenvalue weighted by Gasteiger charge is 2.27. The lowest BCUT2D eigenvalue weighted by Crippen LogP contribution is -2.22. The molecule has 3 aromatic rings. The van der Waals surface area contributed by atoms with E-state index in [2.05, 4.69) is 26.6 Å². The lowest BCUT2D eigenvalue weighted by atomic mass is 9.87. The number of aromatic nitrogens is 2. The van der Waals surface area contributed by atoms with Crippen molar-refractivity contribution < 1.29 is 15.0 Å². The Bertz CT molecular complexity index is 1160. The molecule has 0 saturated carbocycles. The van der Waals surface area contributed by atoms with Crippen LogP contribution in [0.4, 0.5) is 0 Å². The number of benzene rings is 1. The third kappa shape index (κ3) is 2.96. The zero-order valence-corrected chi connectivity index (χ0v) is 16.7. The van der Waals surface area contributed by atoms with E-state index in [1.807, 2.05) is 27.2 Å². The number of carboxylic acids is 1. The molecule has 0 aliphatic heterocycles. The van der Waals surface area contributed by atoms with Crippen molar-refractivity contribution >= 4 is 29.3 Å². The molecule has 0 spiro atoms. The van der Waals surface area contributed by atoms with Crippen LogP contribution in [0.15, 0.2) is 23.0 Å². The van der Waals surface area contributed by atoms with Gasteiger partial charge in [-0.1, -0.05) is 0 Å². The van der Waals surface area contributed by atoms with Gasteiger partial charge in [0.15, 0.2) is 5.56 Å². The van der Waals surface area contributed by atoms with E-state index in [1.54, 1.807) is 0 Å². The molecule has 0 bridgehead atoms. The molecule has 2 heterocycles. The van der Waals surface area contributed by atoms with Crippen LogP contribution in [0.2, 0.25) is 0 Å². The van der Waals surface area contributed by atoms with E-state index in [4.69, 9.17) is 0 Å². The van der Waals surface area contributed by atoms with Gasteiger partial charge < -0.3 is 24.7 Å². The number of aromatic hydroxyl groups is 1. The second kappa shape index (κ2) is 7.00. The summed E-state index contributed by atoms with van der Waals surface area (Å²) in [6.07, 6.45) is 1.15. The molecular weight excluding hydrogens is 382 g/mol. The minimum atomic E-state index is -1.42. The van der Waals surface area contributed by atoms with Crippen LogP contribution in [0.5, 0.6) is 5.75 Å². The predicted molar refractivity (Wildman–Crippen MR) is 110 cm³/mol. The molecule has 0 amide bonds. The molecule has 0 unspecified atom stereocenters. The van der Waals surface area contributed by atoms with E-state index in [0.29, 0.717) is 24.1 Å². The Labute approximate surface area is 167 Å². The average Bonchev–Trinajstić information content (AvgIpc) is 2.87. The van der Waals surface area contributed by atoms with Crippen LogP contribution >= 0.6 is 12.4 Å². The van der Waals surface area contributed by atoms with Crippen molar-refractivity contribution in [3.63, 3.8) is 0 Å². The number of aromatic amines is 1. The number of rotatable bonds is 3. The van der Waals surface area contributed by atoms with Crippen molar-refractivity contribution in [3.8, 4) is 17.0 Å². The summed E-state index contributed by atoms with van der Waals surface area (Å²) in [7, 11) is 6.08. The minimum Gasteiger partial charge on any atom is -0.506 e. The van der Waals surface area contributed by atoms with Gasteiger partial charge in [-0.15, -0.1) is 12.4 Å². The van der Waals surface area contributed by atoms with Crippen LogP contribution in [0, 0.1) is 0 Å². The normalized spacial score (nSPS) is 12.6. The molecule has 8 heteroatoms. The Morgan fingerprint density at radius 1 is 1.25 bits per heavy atom. The number of nitrogens with one attached hydrogen (secondary N) is 1. The number of halogens is 1. The molecule has 2 aromatic heterocycles. The van der Waals surface area contributed by atoms with E-state index < -0.39 is 22.8 Å². The molecule has 0 radical (unpaired) electrons. The second-order valence-electron chi connectivity index (χ2n) is 7.34. The first-order chi connectivity index (χ1) is 12.8. The van der Waals surface area contributed by atoms with Gasteiger partial charge in [0.05, 0.1) is 5.69 Å². The van der Waals surface area contributed by atoms with Crippen LogP contribution in [-0.4, -0.2) is 44.7 Å². The van der Waals surface area contributed by atoms with E-state index >= 15 is 0 Å². The molecule has 3 N–H and O–H groups in total. The van der Waals surface area contributed by atoms with Gasteiger partial charge in [0.2, 0.25) is 0 Å². The fourth-order valence-corrected chi connectivity index (χ4v) is 3.96. The van der Waals surface area contributed by atoms with Crippen LogP contribution in [-0.2, 0) is 26.4 Å². The average molecular weight is 404 g/mol. The highest BCUT2D eigenvalue weighted by molar-refractivity contribution is 5.94. The summed E-state index contributed by atoms with van der Waals surface area (Å²) < 4.78 is 2.17. The number of carbonyl (C=O) groups is 1. The van der Waals surface area contributed by atoms with E-state index in [0.717, 1.165) is 28.6 Å². The van der Waals surface area contributed by atoms with E-state index in [9.17, 15) is 19.8 Å². The van der Waals surface area contributed by atoms with Crippen molar-refractivity contribution in [3.05, 3.63) is 50.9 Å². The molecule has 0 saturated heterocycles. The summed E-state index contributed by atoms with van der Waals surface area (Å²) in [6.45, 7) is 0.812. The number of nitrogens with zero attached hydrogens (tertiary/aromatic N) is 2. The van der Waals surface area contributed by atoms with Gasteiger partial charge in [-0.05, 0) is 50.7 Å². The molecule has 28 heavy (non-hydrogen) atoms. The summed E-state index contributed by atoms with van der Waals surface area (Å²) in [5.41, 5.74) is 3.84. The topological polar surface area (TPSA) is 98.6 Å². The van der Waals surface area contributed by atoms with Crippen LogP contribution in [0.1, 0.15) is 27.2 Å². The minimum absolute atomic E-state index is 0. The number of aryl methyl sites for hydroxylation is 2. The summed E-state index contributed by atoms with van der Waals surface area (Å²) in [5, 5.41) is 20.6. The largest absolute Gasteiger partial charge is 0.506 e. The molecule has 0 fully saturated rings. The number of hydrogen-bond donors (Lipinski definition) is 3. The van der Waals surface area contributed by atoms with Crippen molar-refractivity contribution in [2.45, 2.75) is 19.4 Å². The molecule has 1 aromatic carbocycles. The Hall–Kier alpha value is -2.77. The smallest absolute Gasteiger partial charge is 0.345 e. The standard InChI is InChI=1S/C20H21N3O4.ClH/c1-22(2)9-12-6-11-7-14-10(8-15(11)23(12)3)4-5-13-17(14)21-19(25)16(18(13)24)20(26)27;/h6-8H,4-5,9H2,1-3H3,(H,26,27)(H2,21,24,25);1H. The van der Waals surface area contributed by atoms with Crippen molar-refractivity contribution in [2.75, 3.05) is 14.1 Å². The van der Waals surface area contributed by atoms with Crippen molar-refractivity contribution in [1.29, 1.82) is 0 Å². The fourth-order valence-electron chi connectivity index (χ4n) is 3.96. The number of hydrogen-bond acceptors (Lipinski definition) is 4. The van der Waals surface area contributed by atoms with E-state index in [-0.39, 0.29) is 12.4 Å². The first-order valence-corrected chi connectivity index (χ1v) is 8.75. The lowest BCUT2D eigenvalue weighted by molar-refractivity contribution is 0.0691. The number of pyridine rings is 1. The second-order valence-corrected chi connectivity index (χ2v) is 7.34. The highest BCUT2D eigenvalue weighted by Crippen LogP contribution is 2.39. The molecule has 4 rings (SSSR count). The Balaban J connectivity index is 0.00000225. The van der Waals surface area contributed by atoms with Gasteiger partial charge >= 0.3 is 5.97 Å². The summed E-state index contributed by atoms with van der Waals surface area (Å²) in [5.74, 6) is -1.84. The van der Waals surface area contributed by atoms with Crippen molar-refractivity contribution in [2.24, 2.45) is 7.05 Å². The predicted octanol–water partition coefficient (Wildman–Crippen LogP) is 2.52. The molecule has 1 aliphatic carbocycles. The Morgan fingerprint density at radius 2 is 1.96 bits per heavy atom. The maximum absolute atomic E-state index is 12.2. The number of H-pyrrole nitrogens is 1. The maximum atomic E-state index is 12.2. The van der Waals surface area contributed by atoms with Crippen LogP contribution < -0.4 is 5.56 Å². The number of aromatic carboxylic acids is 1. The Morgan fingerprint density at radius 3 is 2.61 bits per heavy atom. The van der Waals surface area contributed by atoms with Gasteiger partial charge in [0.25, 0.3) is 5.56 Å². The number of carboxylic acid groups (broad SMARTS) is 1. The molecule has 0 atom stereocenters. The molecule has 1 aliphatic rings. The van der Waals surface area contributed by atoms with Crippen LogP contribution in [0.3, 0.4) is 0 Å². The van der Waals surface area contributed by atoms with Gasteiger partial charge in [-0.25, -0.2) is 4.79 Å². The van der Waals surface area contributed by atoms with Gasteiger partial charge in [-0.2, -0.15) is 0 Å². The summed E-state index contributed by atoms with van der Waals surface area (Å²) in [6, 6.07) is 6.25. The van der Waals surface area contributed by atoms with Crippen molar-refractivity contribution in [1.82, 2.24) is 14.5 Å². The monoisotopic (exact) mass is 403 g/mol. The fraction of sp³-hybridized carbons (Fsp3) is 0.300. The van der Waals surface area contributed by atoms with Crippen LogP contribution in [0.25, 0.3) is 22.2 Å². The zero-order chi connectivity index (χ0) is 19.5. The quantitative estimate of drug-likeness (QED) is 0.624. The molecular formula is C20H22ClN3O4.